The number of carboxylic acids is 1. The molecule has 5 amide bonds. The van der Waals surface area contributed by atoms with Gasteiger partial charge in [0.2, 0.25) is 29.5 Å². The monoisotopic (exact) mass is 388 g/mol. The van der Waals surface area contributed by atoms with E-state index in [0.29, 0.717) is 0 Å². The summed E-state index contributed by atoms with van der Waals surface area (Å²) in [5.74, 6) is -5.57. The van der Waals surface area contributed by atoms with E-state index in [1.54, 1.807) is 0 Å². The number of carboxylic acid groups (broad SMARTS) is 1. The molecule has 0 radical (unpaired) electrons. The van der Waals surface area contributed by atoms with E-state index < -0.39 is 60.1 Å². The SMILES string of the molecule is CC(NC(=O)CN)C(=O)NC(CCC(N)=O)C(=O)NC(CC(N)=O)C(=O)O. The van der Waals surface area contributed by atoms with Gasteiger partial charge in [-0.05, 0) is 13.3 Å². The van der Waals surface area contributed by atoms with E-state index in [0.717, 1.165) is 0 Å². The van der Waals surface area contributed by atoms with Crippen molar-refractivity contribution in [1.29, 1.82) is 0 Å². The second-order valence-electron chi connectivity index (χ2n) is 5.63. The number of amides is 5. The maximum atomic E-state index is 12.3. The van der Waals surface area contributed by atoms with Gasteiger partial charge in [0.05, 0.1) is 13.0 Å². The Balaban J connectivity index is 5.15. The average Bonchev–Trinajstić information content (AvgIpc) is 2.56. The maximum Gasteiger partial charge on any atom is 0.326 e. The van der Waals surface area contributed by atoms with Gasteiger partial charge in [0.25, 0.3) is 0 Å². The molecule has 0 bridgehead atoms. The highest BCUT2D eigenvalue weighted by atomic mass is 16.4. The molecule has 0 rings (SSSR count). The molecule has 0 aromatic rings. The summed E-state index contributed by atoms with van der Waals surface area (Å²) >= 11 is 0. The molecular formula is C14H24N6O7. The fourth-order valence-electron chi connectivity index (χ4n) is 1.89. The van der Waals surface area contributed by atoms with E-state index in [-0.39, 0.29) is 19.4 Å². The van der Waals surface area contributed by atoms with E-state index in [9.17, 15) is 28.8 Å². The lowest BCUT2D eigenvalue weighted by molar-refractivity contribution is -0.144. The van der Waals surface area contributed by atoms with Crippen LogP contribution in [0, 0.1) is 0 Å². The Labute approximate surface area is 154 Å². The summed E-state index contributed by atoms with van der Waals surface area (Å²) in [4.78, 5) is 68.6. The Bertz CT molecular complexity index is 609. The molecular weight excluding hydrogens is 364 g/mol. The Morgan fingerprint density at radius 3 is 1.89 bits per heavy atom. The number of hydrogen-bond acceptors (Lipinski definition) is 7. The number of nitrogens with two attached hydrogens (primary N) is 3. The number of hydrogen-bond donors (Lipinski definition) is 7. The van der Waals surface area contributed by atoms with Gasteiger partial charge in [-0.15, -0.1) is 0 Å². The zero-order valence-corrected chi connectivity index (χ0v) is 14.7. The van der Waals surface area contributed by atoms with Crippen molar-refractivity contribution in [2.45, 2.75) is 44.3 Å². The summed E-state index contributed by atoms with van der Waals surface area (Å²) < 4.78 is 0. The molecule has 0 spiro atoms. The van der Waals surface area contributed by atoms with Crippen molar-refractivity contribution >= 4 is 35.5 Å². The number of aliphatic carboxylic acids is 1. The van der Waals surface area contributed by atoms with Crippen LogP contribution in [0.15, 0.2) is 0 Å². The van der Waals surface area contributed by atoms with Gasteiger partial charge in [0.1, 0.15) is 18.1 Å². The van der Waals surface area contributed by atoms with Gasteiger partial charge < -0.3 is 38.3 Å². The van der Waals surface area contributed by atoms with Gasteiger partial charge in [-0.1, -0.05) is 0 Å². The first-order chi connectivity index (χ1) is 12.5. The predicted molar refractivity (Wildman–Crippen MR) is 90.4 cm³/mol. The smallest absolute Gasteiger partial charge is 0.326 e. The highest BCUT2D eigenvalue weighted by molar-refractivity contribution is 5.94. The van der Waals surface area contributed by atoms with Crippen LogP contribution in [0.5, 0.6) is 0 Å². The van der Waals surface area contributed by atoms with E-state index >= 15 is 0 Å². The normalized spacial score (nSPS) is 13.6. The summed E-state index contributed by atoms with van der Waals surface area (Å²) in [7, 11) is 0. The molecule has 0 saturated carbocycles. The highest BCUT2D eigenvalue weighted by Crippen LogP contribution is 2.01. The van der Waals surface area contributed by atoms with E-state index in [1.165, 1.54) is 6.92 Å². The standard InChI is InChI=1S/C14H24N6O7/c1-6(18-11(23)5-15)12(24)19-7(2-3-9(16)21)13(25)20-8(14(26)27)4-10(17)22/h6-8H,2-5,15H2,1H3,(H2,16,21)(H2,17,22)(H,18,23)(H,19,24)(H,20,25)(H,26,27). The Morgan fingerprint density at radius 2 is 1.44 bits per heavy atom. The highest BCUT2D eigenvalue weighted by Gasteiger charge is 2.29. The molecule has 0 aliphatic carbocycles. The maximum absolute atomic E-state index is 12.3. The number of primary amides is 2. The molecule has 0 fully saturated rings. The molecule has 13 nitrogen and oxygen atoms in total. The van der Waals surface area contributed by atoms with Crippen molar-refractivity contribution in [1.82, 2.24) is 16.0 Å². The molecule has 0 aromatic heterocycles. The van der Waals surface area contributed by atoms with Crippen LogP contribution in [0.1, 0.15) is 26.2 Å². The van der Waals surface area contributed by atoms with E-state index in [1.807, 2.05) is 0 Å². The Kier molecular flexibility index (Phi) is 10.0. The van der Waals surface area contributed by atoms with Crippen molar-refractivity contribution in [3.05, 3.63) is 0 Å². The topological polar surface area (TPSA) is 237 Å². The largest absolute Gasteiger partial charge is 0.480 e. The molecule has 3 unspecified atom stereocenters. The van der Waals surface area contributed by atoms with Crippen molar-refractivity contribution in [2.75, 3.05) is 6.54 Å². The summed E-state index contributed by atoms with van der Waals surface area (Å²) in [6.07, 6.45) is -1.18. The lowest BCUT2D eigenvalue weighted by atomic mass is 10.1. The third-order valence-electron chi connectivity index (χ3n) is 3.29. The summed E-state index contributed by atoms with van der Waals surface area (Å²) in [6.45, 7) is 0.982. The average molecular weight is 388 g/mol. The van der Waals surface area contributed by atoms with Crippen molar-refractivity contribution in [2.24, 2.45) is 17.2 Å². The van der Waals surface area contributed by atoms with Crippen molar-refractivity contribution < 1.29 is 33.9 Å². The summed E-state index contributed by atoms with van der Waals surface area (Å²) in [6, 6.07) is -4.00. The van der Waals surface area contributed by atoms with Crippen molar-refractivity contribution in [3.8, 4) is 0 Å². The van der Waals surface area contributed by atoms with Crippen LogP contribution in [0.3, 0.4) is 0 Å². The zero-order valence-electron chi connectivity index (χ0n) is 14.7. The van der Waals surface area contributed by atoms with E-state index in [4.69, 9.17) is 22.3 Å². The van der Waals surface area contributed by atoms with Crippen LogP contribution in [0.2, 0.25) is 0 Å². The molecule has 0 saturated heterocycles. The van der Waals surface area contributed by atoms with E-state index in [2.05, 4.69) is 16.0 Å². The van der Waals surface area contributed by atoms with Crippen LogP contribution < -0.4 is 33.2 Å². The Morgan fingerprint density at radius 1 is 0.889 bits per heavy atom. The fraction of sp³-hybridized carbons (Fsp3) is 0.571. The van der Waals surface area contributed by atoms with Crippen LogP contribution in [-0.2, 0) is 28.8 Å². The van der Waals surface area contributed by atoms with Crippen LogP contribution in [-0.4, -0.2) is 65.3 Å². The minimum atomic E-state index is -1.61. The third kappa shape index (κ3) is 9.74. The van der Waals surface area contributed by atoms with Crippen molar-refractivity contribution in [3.63, 3.8) is 0 Å². The Hall–Kier alpha value is -3.22. The molecule has 0 aliphatic rings. The second-order valence-corrected chi connectivity index (χ2v) is 5.63. The first-order valence-corrected chi connectivity index (χ1v) is 7.87. The quantitative estimate of drug-likeness (QED) is 0.172. The number of carbonyl (C=O) groups is 6. The molecule has 152 valence electrons. The second kappa shape index (κ2) is 11.4. The molecule has 0 aliphatic heterocycles. The minimum Gasteiger partial charge on any atom is -0.480 e. The lowest BCUT2D eigenvalue weighted by Gasteiger charge is -2.22. The number of carbonyl (C=O) groups excluding carboxylic acids is 5. The van der Waals surface area contributed by atoms with Gasteiger partial charge in [-0.3, -0.25) is 24.0 Å². The predicted octanol–water partition coefficient (Wildman–Crippen LogP) is -4.36. The molecule has 13 heteroatoms. The molecule has 10 N–H and O–H groups in total. The first-order valence-electron chi connectivity index (χ1n) is 7.87. The van der Waals surface area contributed by atoms with Gasteiger partial charge in [-0.2, -0.15) is 0 Å². The van der Waals surface area contributed by atoms with Gasteiger partial charge in [-0.25, -0.2) is 4.79 Å². The molecule has 0 aromatic carbocycles. The van der Waals surface area contributed by atoms with Gasteiger partial charge in [0.15, 0.2) is 0 Å². The summed E-state index contributed by atoms with van der Waals surface area (Å²) in [5.41, 5.74) is 15.1. The molecule has 3 atom stereocenters. The van der Waals surface area contributed by atoms with Gasteiger partial charge in [0, 0.05) is 6.42 Å². The number of rotatable bonds is 12. The first kappa shape index (κ1) is 23.8. The van der Waals surface area contributed by atoms with Crippen LogP contribution >= 0.6 is 0 Å². The molecule has 27 heavy (non-hydrogen) atoms. The molecule has 0 heterocycles. The zero-order chi connectivity index (χ0) is 21.1. The fourth-order valence-corrected chi connectivity index (χ4v) is 1.89. The lowest BCUT2D eigenvalue weighted by Crippen LogP contribution is -2.56. The minimum absolute atomic E-state index is 0.229. The van der Waals surface area contributed by atoms with Crippen LogP contribution in [0.4, 0.5) is 0 Å². The van der Waals surface area contributed by atoms with Crippen LogP contribution in [0.25, 0.3) is 0 Å². The van der Waals surface area contributed by atoms with Gasteiger partial charge >= 0.3 is 5.97 Å². The third-order valence-corrected chi connectivity index (χ3v) is 3.29. The summed E-state index contributed by atoms with van der Waals surface area (Å²) in [5, 5.41) is 15.6. The number of nitrogens with one attached hydrogen (secondary N) is 3.